The Morgan fingerprint density at radius 3 is 2.88 bits per heavy atom. The van der Waals surface area contributed by atoms with Gasteiger partial charge in [0.05, 0.1) is 28.8 Å². The number of benzene rings is 2. The van der Waals surface area contributed by atoms with Crippen LogP contribution in [0.25, 0.3) is 31.8 Å². The molecule has 3 heterocycles. The van der Waals surface area contributed by atoms with E-state index in [0.717, 1.165) is 31.7 Å². The molecule has 1 unspecified atom stereocenters. The molecule has 172 valence electrons. The van der Waals surface area contributed by atoms with Crippen LogP contribution in [0.1, 0.15) is 18.5 Å². The van der Waals surface area contributed by atoms with Gasteiger partial charge in [0.25, 0.3) is 0 Å². The number of nitrogens with two attached hydrogens (primary N) is 1. The van der Waals surface area contributed by atoms with Crippen LogP contribution in [0.4, 0.5) is 10.3 Å². The Balaban J connectivity index is 1.51. The van der Waals surface area contributed by atoms with E-state index in [1.165, 1.54) is 6.07 Å². The number of hydrogen-bond donors (Lipinski definition) is 2. The Morgan fingerprint density at radius 1 is 1.21 bits per heavy atom. The monoisotopic (exact) mass is 493 g/mol. The molecule has 5 rings (SSSR count). The van der Waals surface area contributed by atoms with E-state index in [-0.39, 0.29) is 11.9 Å². The number of thiophene rings is 1. The van der Waals surface area contributed by atoms with Crippen LogP contribution in [0.3, 0.4) is 0 Å². The van der Waals surface area contributed by atoms with Gasteiger partial charge in [-0.15, -0.1) is 16.4 Å². The van der Waals surface area contributed by atoms with Crippen molar-refractivity contribution in [2.24, 2.45) is 5.73 Å². The lowest BCUT2D eigenvalue weighted by Gasteiger charge is -2.14. The molecular formula is C24H21ClFN7S. The molecule has 3 aromatic heterocycles. The zero-order valence-corrected chi connectivity index (χ0v) is 19.8. The highest BCUT2D eigenvalue weighted by Gasteiger charge is 2.17. The van der Waals surface area contributed by atoms with Crippen molar-refractivity contribution in [2.45, 2.75) is 19.5 Å². The number of rotatable bonds is 7. The first-order chi connectivity index (χ1) is 16.5. The summed E-state index contributed by atoms with van der Waals surface area (Å²) >= 11 is 8.04. The zero-order chi connectivity index (χ0) is 23.7. The number of nitrogens with one attached hydrogen (secondary N) is 1. The third kappa shape index (κ3) is 4.50. The minimum Gasteiger partial charge on any atom is -0.352 e. The van der Waals surface area contributed by atoms with Gasteiger partial charge < -0.3 is 11.1 Å². The fourth-order valence-electron chi connectivity index (χ4n) is 3.81. The molecule has 0 saturated heterocycles. The van der Waals surface area contributed by atoms with Crippen molar-refractivity contribution < 1.29 is 4.39 Å². The van der Waals surface area contributed by atoms with Crippen molar-refractivity contribution in [2.75, 3.05) is 11.9 Å². The van der Waals surface area contributed by atoms with E-state index in [1.807, 2.05) is 31.2 Å². The first-order valence-electron chi connectivity index (χ1n) is 10.7. The molecule has 0 radical (unpaired) electrons. The number of nitrogens with zero attached hydrogens (tertiary/aromatic N) is 5. The van der Waals surface area contributed by atoms with Crippen molar-refractivity contribution in [3.05, 3.63) is 77.5 Å². The standard InChI is InChI=1S/C24H21ClFN7S/c1-14(27)17-6-5-16(26)12-19(17)18-4-2-3-15-11-21(34-23(15)18)22-20(25)13-29-24(31-22)28-7-9-33-10-8-30-32-33/h2-6,8,10-14H,7,9,27H2,1H3,(H,28,29,31). The van der Waals surface area contributed by atoms with E-state index in [0.29, 0.717) is 29.8 Å². The highest BCUT2D eigenvalue weighted by molar-refractivity contribution is 7.22. The van der Waals surface area contributed by atoms with Crippen LogP contribution in [0, 0.1) is 5.82 Å². The molecule has 0 bridgehead atoms. The molecule has 1 atom stereocenters. The Hall–Kier alpha value is -3.40. The summed E-state index contributed by atoms with van der Waals surface area (Å²) in [5.74, 6) is 0.176. The number of anilines is 1. The molecule has 7 nitrogen and oxygen atoms in total. The first kappa shape index (κ1) is 22.4. The first-order valence-corrected chi connectivity index (χ1v) is 11.9. The van der Waals surface area contributed by atoms with Crippen molar-refractivity contribution in [3.63, 3.8) is 0 Å². The van der Waals surface area contributed by atoms with Crippen LogP contribution in [-0.4, -0.2) is 31.5 Å². The summed E-state index contributed by atoms with van der Waals surface area (Å²) < 4.78 is 16.9. The lowest BCUT2D eigenvalue weighted by Crippen LogP contribution is -2.13. The zero-order valence-electron chi connectivity index (χ0n) is 18.2. The highest BCUT2D eigenvalue weighted by atomic mass is 35.5. The predicted molar refractivity (Wildman–Crippen MR) is 134 cm³/mol. The molecule has 0 saturated carbocycles. The van der Waals surface area contributed by atoms with Gasteiger partial charge in [0.2, 0.25) is 5.95 Å². The second-order valence-corrected chi connectivity index (χ2v) is 9.30. The van der Waals surface area contributed by atoms with E-state index in [1.54, 1.807) is 46.7 Å². The van der Waals surface area contributed by atoms with Gasteiger partial charge in [0.1, 0.15) is 11.5 Å². The minimum absolute atomic E-state index is 0.229. The van der Waals surface area contributed by atoms with Crippen LogP contribution < -0.4 is 11.1 Å². The van der Waals surface area contributed by atoms with Gasteiger partial charge in [0, 0.05) is 23.5 Å². The van der Waals surface area contributed by atoms with Gasteiger partial charge in [-0.2, -0.15) is 0 Å². The minimum atomic E-state index is -0.298. The average Bonchev–Trinajstić information content (AvgIpc) is 3.49. The molecule has 0 fully saturated rings. The molecule has 10 heteroatoms. The van der Waals surface area contributed by atoms with Crippen molar-refractivity contribution >= 4 is 39.0 Å². The van der Waals surface area contributed by atoms with Gasteiger partial charge in [-0.3, -0.25) is 4.68 Å². The van der Waals surface area contributed by atoms with E-state index in [9.17, 15) is 4.39 Å². The number of aromatic nitrogens is 5. The number of hydrogen-bond acceptors (Lipinski definition) is 7. The summed E-state index contributed by atoms with van der Waals surface area (Å²) in [6, 6.07) is 12.5. The Bertz CT molecular complexity index is 1450. The fraction of sp³-hybridized carbons (Fsp3) is 0.167. The molecule has 2 aromatic carbocycles. The maximum atomic E-state index is 14.2. The van der Waals surface area contributed by atoms with Crippen molar-refractivity contribution in [1.82, 2.24) is 25.0 Å². The quantitative estimate of drug-likeness (QED) is 0.309. The number of halogens is 2. The lowest BCUT2D eigenvalue weighted by atomic mass is 9.95. The second-order valence-electron chi connectivity index (χ2n) is 7.84. The molecule has 0 aliphatic rings. The summed E-state index contributed by atoms with van der Waals surface area (Å²) in [6.45, 7) is 3.11. The van der Waals surface area contributed by atoms with E-state index in [4.69, 9.17) is 17.3 Å². The molecular weight excluding hydrogens is 473 g/mol. The van der Waals surface area contributed by atoms with Crippen molar-refractivity contribution in [3.8, 4) is 21.7 Å². The van der Waals surface area contributed by atoms with E-state index in [2.05, 4.69) is 25.6 Å². The summed E-state index contributed by atoms with van der Waals surface area (Å²) in [6.07, 6.45) is 5.02. The SMILES string of the molecule is CC(N)c1ccc(F)cc1-c1cccc2cc(-c3nc(NCCn4ccnn4)ncc3Cl)sc12. The van der Waals surface area contributed by atoms with Gasteiger partial charge >= 0.3 is 0 Å². The Kier molecular flexibility index (Phi) is 6.23. The lowest BCUT2D eigenvalue weighted by molar-refractivity contribution is 0.607. The normalized spacial score (nSPS) is 12.2. The van der Waals surface area contributed by atoms with Crippen LogP contribution in [-0.2, 0) is 6.54 Å². The van der Waals surface area contributed by atoms with Crippen LogP contribution in [0.15, 0.2) is 61.1 Å². The topological polar surface area (TPSA) is 94.5 Å². The number of fused-ring (bicyclic) bond motifs is 1. The molecule has 34 heavy (non-hydrogen) atoms. The molecule has 0 amide bonds. The van der Waals surface area contributed by atoms with Crippen LogP contribution in [0.5, 0.6) is 0 Å². The van der Waals surface area contributed by atoms with Gasteiger partial charge in [0.15, 0.2) is 0 Å². The Morgan fingerprint density at radius 2 is 2.09 bits per heavy atom. The summed E-state index contributed by atoms with van der Waals surface area (Å²) in [4.78, 5) is 9.84. The van der Waals surface area contributed by atoms with Gasteiger partial charge in [-0.05, 0) is 47.2 Å². The predicted octanol–water partition coefficient (Wildman–Crippen LogP) is 5.54. The second kappa shape index (κ2) is 9.46. The summed E-state index contributed by atoms with van der Waals surface area (Å²) in [7, 11) is 0. The molecule has 0 spiro atoms. The third-order valence-corrected chi connectivity index (χ3v) is 6.88. The maximum Gasteiger partial charge on any atom is 0.223 e. The molecule has 0 aliphatic heterocycles. The van der Waals surface area contributed by atoms with Crippen LogP contribution >= 0.6 is 22.9 Å². The van der Waals surface area contributed by atoms with Gasteiger partial charge in [-0.1, -0.05) is 41.1 Å². The largest absolute Gasteiger partial charge is 0.352 e. The van der Waals surface area contributed by atoms with Crippen molar-refractivity contribution in [1.29, 1.82) is 0 Å². The maximum absolute atomic E-state index is 14.2. The van der Waals surface area contributed by atoms with Gasteiger partial charge in [-0.25, -0.2) is 14.4 Å². The molecule has 3 N–H and O–H groups in total. The third-order valence-electron chi connectivity index (χ3n) is 5.41. The Labute approximate surface area is 204 Å². The van der Waals surface area contributed by atoms with Crippen LogP contribution in [0.2, 0.25) is 5.02 Å². The fourth-order valence-corrected chi connectivity index (χ4v) is 5.25. The van der Waals surface area contributed by atoms with E-state index < -0.39 is 0 Å². The van der Waals surface area contributed by atoms with E-state index >= 15 is 0 Å². The smallest absolute Gasteiger partial charge is 0.223 e. The summed E-state index contributed by atoms with van der Waals surface area (Å²) in [5, 5.41) is 12.4. The molecule has 0 aliphatic carbocycles. The molecule has 5 aromatic rings. The summed E-state index contributed by atoms with van der Waals surface area (Å²) in [5.41, 5.74) is 9.43. The highest BCUT2D eigenvalue weighted by Crippen LogP contribution is 2.42. The average molecular weight is 494 g/mol.